The van der Waals surface area contributed by atoms with Crippen molar-refractivity contribution in [1.82, 2.24) is 23.7 Å². The Morgan fingerprint density at radius 3 is 2.60 bits per heavy atom. The maximum absolute atomic E-state index is 12.9. The second kappa shape index (κ2) is 7.97. The number of rotatable bonds is 5. The van der Waals surface area contributed by atoms with E-state index in [1.165, 1.54) is 11.6 Å². The predicted octanol–water partition coefficient (Wildman–Crippen LogP) is 2.76. The minimum absolute atomic E-state index is 0.193. The Kier molecular flexibility index (Phi) is 5.36. The fraction of sp³-hybridized carbons (Fsp3) is 0.200. The molecule has 3 heterocycles. The van der Waals surface area contributed by atoms with Crippen molar-refractivity contribution in [3.63, 3.8) is 0 Å². The lowest BCUT2D eigenvalue weighted by atomic mass is 10.2. The van der Waals surface area contributed by atoms with Gasteiger partial charge in [0.25, 0.3) is 11.6 Å². The Bertz CT molecular complexity index is 1360. The van der Waals surface area contributed by atoms with Gasteiger partial charge in [0.05, 0.1) is 6.54 Å². The Hall–Kier alpha value is -3.10. The maximum atomic E-state index is 12.9. The number of imidazole rings is 1. The number of halogens is 2. The number of nitrogens with zero attached hydrogens (tertiary/aromatic N) is 5. The summed E-state index contributed by atoms with van der Waals surface area (Å²) in [5.41, 5.74) is 1.09. The second-order valence-corrected chi connectivity index (χ2v) is 7.59. The molecule has 8 nitrogen and oxygen atoms in total. The van der Waals surface area contributed by atoms with Gasteiger partial charge in [-0.1, -0.05) is 35.3 Å². The summed E-state index contributed by atoms with van der Waals surface area (Å²) in [6.07, 6.45) is 3.35. The van der Waals surface area contributed by atoms with Crippen LogP contribution in [0, 0.1) is 0 Å². The van der Waals surface area contributed by atoms with E-state index in [0.717, 1.165) is 15.7 Å². The van der Waals surface area contributed by atoms with Crippen molar-refractivity contribution < 1.29 is 4.74 Å². The lowest BCUT2D eigenvalue weighted by molar-refractivity contribution is 0.270. The van der Waals surface area contributed by atoms with E-state index in [1.54, 1.807) is 48.3 Å². The molecule has 0 aliphatic rings. The van der Waals surface area contributed by atoms with Gasteiger partial charge in [-0.2, -0.15) is 4.98 Å². The van der Waals surface area contributed by atoms with Crippen molar-refractivity contribution in [2.75, 3.05) is 0 Å². The first-order chi connectivity index (χ1) is 14.4. The minimum atomic E-state index is -0.472. The Morgan fingerprint density at radius 1 is 1.10 bits per heavy atom. The van der Waals surface area contributed by atoms with E-state index in [0.29, 0.717) is 10.0 Å². The van der Waals surface area contributed by atoms with E-state index < -0.39 is 11.2 Å². The molecule has 4 aromatic rings. The zero-order valence-corrected chi connectivity index (χ0v) is 17.7. The van der Waals surface area contributed by atoms with Crippen LogP contribution in [0.25, 0.3) is 11.2 Å². The third kappa shape index (κ3) is 3.59. The standard InChI is InChI=1S/C20H17Cl2N5O3/c1-25-17-16(18(28)26(2)20(25)29)27(10-13-5-6-14(21)8-15(13)22)19(24-17)30-11-12-4-3-7-23-9-12/h3-9H,10-11H2,1-2H3. The normalized spacial score (nSPS) is 11.2. The summed E-state index contributed by atoms with van der Waals surface area (Å²) in [7, 11) is 2.98. The van der Waals surface area contributed by atoms with Gasteiger partial charge in [-0.05, 0) is 23.8 Å². The van der Waals surface area contributed by atoms with Gasteiger partial charge in [0.1, 0.15) is 6.61 Å². The van der Waals surface area contributed by atoms with Crippen LogP contribution in [-0.4, -0.2) is 23.7 Å². The summed E-state index contributed by atoms with van der Waals surface area (Å²) in [6, 6.07) is 8.97. The number of hydrogen-bond acceptors (Lipinski definition) is 5. The monoisotopic (exact) mass is 445 g/mol. The number of pyridine rings is 1. The molecule has 0 amide bonds. The zero-order chi connectivity index (χ0) is 21.4. The molecule has 0 saturated carbocycles. The van der Waals surface area contributed by atoms with Crippen LogP contribution in [0.4, 0.5) is 0 Å². The lowest BCUT2D eigenvalue weighted by Gasteiger charge is -2.11. The largest absolute Gasteiger partial charge is 0.460 e. The molecule has 30 heavy (non-hydrogen) atoms. The molecule has 0 spiro atoms. The van der Waals surface area contributed by atoms with Crippen LogP contribution in [0.3, 0.4) is 0 Å². The Balaban J connectivity index is 1.87. The van der Waals surface area contributed by atoms with E-state index in [2.05, 4.69) is 9.97 Å². The van der Waals surface area contributed by atoms with E-state index in [9.17, 15) is 9.59 Å². The molecule has 0 aliphatic carbocycles. The molecule has 0 radical (unpaired) electrons. The molecule has 3 aromatic heterocycles. The zero-order valence-electron chi connectivity index (χ0n) is 16.2. The fourth-order valence-electron chi connectivity index (χ4n) is 3.14. The first kappa shape index (κ1) is 20.2. The number of ether oxygens (including phenoxy) is 1. The van der Waals surface area contributed by atoms with E-state index in [-0.39, 0.29) is 30.3 Å². The molecule has 0 fully saturated rings. The highest BCUT2D eigenvalue weighted by Gasteiger charge is 2.21. The van der Waals surface area contributed by atoms with Crippen LogP contribution in [0.1, 0.15) is 11.1 Å². The van der Waals surface area contributed by atoms with Gasteiger partial charge >= 0.3 is 5.69 Å². The topological polar surface area (TPSA) is 83.9 Å². The summed E-state index contributed by atoms with van der Waals surface area (Å²) in [4.78, 5) is 33.8. The first-order valence-corrected chi connectivity index (χ1v) is 9.74. The van der Waals surface area contributed by atoms with Gasteiger partial charge in [0.15, 0.2) is 11.2 Å². The molecular formula is C20H17Cl2N5O3. The third-order valence-corrected chi connectivity index (χ3v) is 5.33. The van der Waals surface area contributed by atoms with E-state index in [4.69, 9.17) is 27.9 Å². The number of benzene rings is 1. The summed E-state index contributed by atoms with van der Waals surface area (Å²) in [5.74, 6) is 0. The first-order valence-electron chi connectivity index (χ1n) is 8.98. The average molecular weight is 446 g/mol. The van der Waals surface area contributed by atoms with E-state index in [1.807, 2.05) is 6.07 Å². The van der Waals surface area contributed by atoms with Crippen LogP contribution < -0.4 is 16.0 Å². The molecule has 0 bridgehead atoms. The van der Waals surface area contributed by atoms with Crippen LogP contribution >= 0.6 is 23.2 Å². The molecule has 0 saturated heterocycles. The maximum Gasteiger partial charge on any atom is 0.332 e. The van der Waals surface area contributed by atoms with Gasteiger partial charge in [-0.25, -0.2) is 4.79 Å². The lowest BCUT2D eigenvalue weighted by Crippen LogP contribution is -2.37. The van der Waals surface area contributed by atoms with Crippen molar-refractivity contribution in [3.8, 4) is 6.01 Å². The van der Waals surface area contributed by atoms with Gasteiger partial charge in [0, 0.05) is 42.1 Å². The van der Waals surface area contributed by atoms with Crippen molar-refractivity contribution in [3.05, 3.63) is 84.7 Å². The molecule has 0 unspecified atom stereocenters. The summed E-state index contributed by atoms with van der Waals surface area (Å²) in [5, 5.41) is 0.954. The van der Waals surface area contributed by atoms with Crippen molar-refractivity contribution in [2.24, 2.45) is 14.1 Å². The molecule has 10 heteroatoms. The highest BCUT2D eigenvalue weighted by Crippen LogP contribution is 2.26. The molecule has 1 aromatic carbocycles. The van der Waals surface area contributed by atoms with Crippen molar-refractivity contribution >= 4 is 34.4 Å². The Morgan fingerprint density at radius 2 is 1.90 bits per heavy atom. The van der Waals surface area contributed by atoms with Crippen LogP contribution in [-0.2, 0) is 27.2 Å². The highest BCUT2D eigenvalue weighted by atomic mass is 35.5. The molecule has 0 aliphatic heterocycles. The molecule has 4 rings (SSSR count). The van der Waals surface area contributed by atoms with Gasteiger partial charge < -0.3 is 4.74 Å². The van der Waals surface area contributed by atoms with Crippen LogP contribution in [0.2, 0.25) is 10.0 Å². The smallest absolute Gasteiger partial charge is 0.332 e. The van der Waals surface area contributed by atoms with Gasteiger partial charge in [-0.3, -0.25) is 23.5 Å². The summed E-state index contributed by atoms with van der Waals surface area (Å²) >= 11 is 12.3. The fourth-order valence-corrected chi connectivity index (χ4v) is 3.60. The number of aromatic nitrogens is 5. The molecule has 154 valence electrons. The number of aryl methyl sites for hydroxylation is 1. The number of fused-ring (bicyclic) bond motifs is 1. The SMILES string of the molecule is Cn1c(=O)c2c(nc(OCc3cccnc3)n2Cc2ccc(Cl)cc2Cl)n(C)c1=O. The summed E-state index contributed by atoms with van der Waals surface area (Å²) in [6.45, 7) is 0.405. The highest BCUT2D eigenvalue weighted by molar-refractivity contribution is 6.35. The Labute approximate surface area is 180 Å². The van der Waals surface area contributed by atoms with Crippen molar-refractivity contribution in [2.45, 2.75) is 13.2 Å². The minimum Gasteiger partial charge on any atom is -0.460 e. The van der Waals surface area contributed by atoms with Crippen molar-refractivity contribution in [1.29, 1.82) is 0 Å². The van der Waals surface area contributed by atoms with E-state index >= 15 is 0 Å². The van der Waals surface area contributed by atoms with Crippen LogP contribution in [0.5, 0.6) is 6.01 Å². The van der Waals surface area contributed by atoms with Crippen LogP contribution in [0.15, 0.2) is 52.3 Å². The van der Waals surface area contributed by atoms with Gasteiger partial charge in [-0.15, -0.1) is 0 Å². The molecular weight excluding hydrogens is 429 g/mol. The predicted molar refractivity (Wildman–Crippen MR) is 114 cm³/mol. The van der Waals surface area contributed by atoms with Gasteiger partial charge in [0.2, 0.25) is 0 Å². The summed E-state index contributed by atoms with van der Waals surface area (Å²) < 4.78 is 9.88. The number of hydrogen-bond donors (Lipinski definition) is 0. The average Bonchev–Trinajstić information content (AvgIpc) is 3.10. The quantitative estimate of drug-likeness (QED) is 0.471. The molecule has 0 N–H and O–H groups in total. The molecule has 0 atom stereocenters. The second-order valence-electron chi connectivity index (χ2n) is 6.74. The third-order valence-electron chi connectivity index (χ3n) is 4.75.